The largest absolute Gasteiger partial charge is 0.496 e. The van der Waals surface area contributed by atoms with Crippen LogP contribution in [0, 0.1) is 0 Å². The fourth-order valence-corrected chi connectivity index (χ4v) is 2.06. The monoisotopic (exact) mass is 292 g/mol. The smallest absolute Gasteiger partial charge is 0.212 e. The average molecular weight is 293 g/mol. The van der Waals surface area contributed by atoms with Crippen molar-refractivity contribution in [2.24, 2.45) is 0 Å². The van der Waals surface area contributed by atoms with Gasteiger partial charge in [-0.05, 0) is 23.8 Å². The van der Waals surface area contributed by atoms with E-state index in [0.717, 1.165) is 16.9 Å². The molecule has 2 aromatic rings. The standard InChI is InChI=1S/C15H17ClN2O2/c1-19-14-5-4-13(16)7-12(14)10-17-8-11-3-6-15(20-2)18-9-11/h3-7,9,17H,8,10H2,1-2H3. The van der Waals surface area contributed by atoms with Crippen molar-refractivity contribution in [3.05, 3.63) is 52.7 Å². The van der Waals surface area contributed by atoms with Crippen LogP contribution in [0.4, 0.5) is 0 Å². The molecule has 106 valence electrons. The Morgan fingerprint density at radius 3 is 2.60 bits per heavy atom. The Morgan fingerprint density at radius 2 is 1.95 bits per heavy atom. The first kappa shape index (κ1) is 14.6. The molecule has 0 bridgehead atoms. The Balaban J connectivity index is 1.93. The summed E-state index contributed by atoms with van der Waals surface area (Å²) in [6.07, 6.45) is 1.79. The van der Waals surface area contributed by atoms with Crippen molar-refractivity contribution < 1.29 is 9.47 Å². The summed E-state index contributed by atoms with van der Waals surface area (Å²) in [4.78, 5) is 4.16. The molecule has 0 spiro atoms. The Labute approximate surface area is 123 Å². The molecule has 2 rings (SSSR count). The van der Waals surface area contributed by atoms with E-state index >= 15 is 0 Å². The van der Waals surface area contributed by atoms with Crippen molar-refractivity contribution in [2.75, 3.05) is 14.2 Å². The highest BCUT2D eigenvalue weighted by Crippen LogP contribution is 2.22. The van der Waals surface area contributed by atoms with Gasteiger partial charge in [0.05, 0.1) is 14.2 Å². The molecule has 1 aromatic carbocycles. The van der Waals surface area contributed by atoms with E-state index in [-0.39, 0.29) is 0 Å². The number of halogens is 1. The maximum atomic E-state index is 6.00. The van der Waals surface area contributed by atoms with Gasteiger partial charge in [-0.2, -0.15) is 0 Å². The van der Waals surface area contributed by atoms with Crippen molar-refractivity contribution in [1.82, 2.24) is 10.3 Å². The zero-order chi connectivity index (χ0) is 14.4. The predicted octanol–water partition coefficient (Wildman–Crippen LogP) is 3.04. The maximum absolute atomic E-state index is 6.00. The highest BCUT2D eigenvalue weighted by atomic mass is 35.5. The normalized spacial score (nSPS) is 10.3. The summed E-state index contributed by atoms with van der Waals surface area (Å²) in [6.45, 7) is 1.39. The Morgan fingerprint density at radius 1 is 1.10 bits per heavy atom. The first-order chi connectivity index (χ1) is 9.72. The SMILES string of the molecule is COc1ccc(CNCc2cc(Cl)ccc2OC)cn1. The van der Waals surface area contributed by atoms with E-state index < -0.39 is 0 Å². The number of ether oxygens (including phenoxy) is 2. The molecule has 0 saturated carbocycles. The van der Waals surface area contributed by atoms with Gasteiger partial charge in [0.15, 0.2) is 0 Å². The zero-order valence-electron chi connectivity index (χ0n) is 11.5. The van der Waals surface area contributed by atoms with E-state index in [2.05, 4.69) is 10.3 Å². The molecule has 0 aliphatic carbocycles. The lowest BCUT2D eigenvalue weighted by Gasteiger charge is -2.10. The molecule has 4 nitrogen and oxygen atoms in total. The van der Waals surface area contributed by atoms with Gasteiger partial charge in [-0.3, -0.25) is 0 Å². The van der Waals surface area contributed by atoms with Crippen LogP contribution in [0.3, 0.4) is 0 Å². The summed E-state index contributed by atoms with van der Waals surface area (Å²) < 4.78 is 10.3. The fraction of sp³-hybridized carbons (Fsp3) is 0.267. The second-order valence-electron chi connectivity index (χ2n) is 4.27. The summed E-state index contributed by atoms with van der Waals surface area (Å²) in [7, 11) is 3.26. The number of methoxy groups -OCH3 is 2. The van der Waals surface area contributed by atoms with Gasteiger partial charge in [-0.1, -0.05) is 17.7 Å². The molecule has 0 radical (unpaired) electrons. The molecule has 0 aliphatic rings. The number of hydrogen-bond donors (Lipinski definition) is 1. The third-order valence-corrected chi connectivity index (χ3v) is 3.13. The van der Waals surface area contributed by atoms with Gasteiger partial charge in [0, 0.05) is 35.9 Å². The number of pyridine rings is 1. The summed E-state index contributed by atoms with van der Waals surface area (Å²) in [5.74, 6) is 1.44. The predicted molar refractivity (Wildman–Crippen MR) is 79.3 cm³/mol. The first-order valence-corrected chi connectivity index (χ1v) is 6.63. The van der Waals surface area contributed by atoms with Gasteiger partial charge >= 0.3 is 0 Å². The summed E-state index contributed by atoms with van der Waals surface area (Å²) in [6, 6.07) is 9.41. The Bertz CT molecular complexity index is 558. The van der Waals surface area contributed by atoms with E-state index in [0.29, 0.717) is 24.0 Å². The highest BCUT2D eigenvalue weighted by Gasteiger charge is 2.03. The summed E-state index contributed by atoms with van der Waals surface area (Å²) >= 11 is 6.00. The van der Waals surface area contributed by atoms with Crippen LogP contribution in [0.15, 0.2) is 36.5 Å². The minimum atomic E-state index is 0.616. The van der Waals surface area contributed by atoms with Crippen molar-refractivity contribution in [2.45, 2.75) is 13.1 Å². The summed E-state index contributed by atoms with van der Waals surface area (Å²) in [5.41, 5.74) is 2.12. The molecule has 0 aliphatic heterocycles. The minimum absolute atomic E-state index is 0.616. The third-order valence-electron chi connectivity index (χ3n) is 2.89. The molecule has 0 saturated heterocycles. The van der Waals surface area contributed by atoms with Gasteiger partial charge in [0.25, 0.3) is 0 Å². The number of rotatable bonds is 6. The Kier molecular flexibility index (Phi) is 5.21. The fourth-order valence-electron chi connectivity index (χ4n) is 1.86. The van der Waals surface area contributed by atoms with Crippen LogP contribution in [-0.2, 0) is 13.1 Å². The maximum Gasteiger partial charge on any atom is 0.212 e. The topological polar surface area (TPSA) is 43.4 Å². The van der Waals surface area contributed by atoms with Crippen molar-refractivity contribution in [3.63, 3.8) is 0 Å². The van der Waals surface area contributed by atoms with Crippen LogP contribution in [0.25, 0.3) is 0 Å². The lowest BCUT2D eigenvalue weighted by atomic mass is 10.2. The van der Waals surface area contributed by atoms with Gasteiger partial charge in [-0.25, -0.2) is 4.98 Å². The molecule has 1 heterocycles. The molecule has 0 amide bonds. The van der Waals surface area contributed by atoms with Gasteiger partial charge in [0.1, 0.15) is 5.75 Å². The average Bonchev–Trinajstić information content (AvgIpc) is 2.48. The van der Waals surface area contributed by atoms with Crippen LogP contribution < -0.4 is 14.8 Å². The van der Waals surface area contributed by atoms with Crippen molar-refractivity contribution in [3.8, 4) is 11.6 Å². The van der Waals surface area contributed by atoms with Crippen LogP contribution in [0.2, 0.25) is 5.02 Å². The molecule has 0 fully saturated rings. The second kappa shape index (κ2) is 7.12. The molecule has 1 aromatic heterocycles. The van der Waals surface area contributed by atoms with E-state index in [1.54, 1.807) is 20.4 Å². The van der Waals surface area contributed by atoms with Crippen molar-refractivity contribution in [1.29, 1.82) is 0 Å². The van der Waals surface area contributed by atoms with Gasteiger partial charge in [-0.15, -0.1) is 0 Å². The van der Waals surface area contributed by atoms with Crippen LogP contribution >= 0.6 is 11.6 Å². The van der Waals surface area contributed by atoms with E-state index in [1.807, 2.05) is 30.3 Å². The molecular weight excluding hydrogens is 276 g/mol. The molecule has 20 heavy (non-hydrogen) atoms. The number of aromatic nitrogens is 1. The number of hydrogen-bond acceptors (Lipinski definition) is 4. The number of nitrogens with zero attached hydrogens (tertiary/aromatic N) is 1. The van der Waals surface area contributed by atoms with E-state index in [4.69, 9.17) is 21.1 Å². The van der Waals surface area contributed by atoms with Crippen LogP contribution in [0.1, 0.15) is 11.1 Å². The molecule has 5 heteroatoms. The zero-order valence-corrected chi connectivity index (χ0v) is 12.3. The third kappa shape index (κ3) is 3.85. The lowest BCUT2D eigenvalue weighted by molar-refractivity contribution is 0.397. The van der Waals surface area contributed by atoms with E-state index in [9.17, 15) is 0 Å². The summed E-state index contributed by atoms with van der Waals surface area (Å²) in [5, 5.41) is 4.04. The quantitative estimate of drug-likeness (QED) is 0.889. The van der Waals surface area contributed by atoms with Gasteiger partial charge < -0.3 is 14.8 Å². The molecule has 0 unspecified atom stereocenters. The Hall–Kier alpha value is -1.78. The molecule has 1 N–H and O–H groups in total. The van der Waals surface area contributed by atoms with Crippen LogP contribution in [0.5, 0.6) is 11.6 Å². The molecular formula is C15H17ClN2O2. The van der Waals surface area contributed by atoms with Crippen LogP contribution in [-0.4, -0.2) is 19.2 Å². The lowest BCUT2D eigenvalue weighted by Crippen LogP contribution is -2.13. The number of nitrogens with one attached hydrogen (secondary N) is 1. The highest BCUT2D eigenvalue weighted by molar-refractivity contribution is 6.30. The van der Waals surface area contributed by atoms with Gasteiger partial charge in [0.2, 0.25) is 5.88 Å². The minimum Gasteiger partial charge on any atom is -0.496 e. The number of benzene rings is 1. The van der Waals surface area contributed by atoms with E-state index in [1.165, 1.54) is 0 Å². The first-order valence-electron chi connectivity index (χ1n) is 6.25. The van der Waals surface area contributed by atoms with Crippen molar-refractivity contribution >= 4 is 11.6 Å². The second-order valence-corrected chi connectivity index (χ2v) is 4.70. The molecule has 0 atom stereocenters.